The van der Waals surface area contributed by atoms with Crippen LogP contribution < -0.4 is 18.9 Å². The number of aliphatic imine (C=N–C) groups is 1. The van der Waals surface area contributed by atoms with Gasteiger partial charge >= 0.3 is 5.97 Å². The Morgan fingerprint density at radius 2 is 1.68 bits per heavy atom. The number of phenols is 1. The lowest BCUT2D eigenvalue weighted by Crippen LogP contribution is -2.12. The minimum absolute atomic E-state index is 0.0835. The van der Waals surface area contributed by atoms with Crippen molar-refractivity contribution in [1.29, 1.82) is 0 Å². The summed E-state index contributed by atoms with van der Waals surface area (Å²) in [5.74, 6) is 0.541. The van der Waals surface area contributed by atoms with Crippen LogP contribution in [0.2, 0.25) is 0 Å². The first-order valence-corrected chi connectivity index (χ1v) is 10.9. The van der Waals surface area contributed by atoms with E-state index >= 15 is 0 Å². The van der Waals surface area contributed by atoms with Crippen LogP contribution in [-0.2, 0) is 9.53 Å². The quantitative estimate of drug-likeness (QED) is 0.515. The van der Waals surface area contributed by atoms with Crippen molar-refractivity contribution >= 4 is 34.5 Å². The molecule has 1 aliphatic rings. The van der Waals surface area contributed by atoms with Crippen LogP contribution >= 0.6 is 11.8 Å². The van der Waals surface area contributed by atoms with Crippen LogP contribution in [0.5, 0.6) is 28.7 Å². The number of nitrogens with zero attached hydrogens (tertiary/aromatic N) is 1. The number of phenolic OH excluding ortho intramolecular Hbond substituents is 1. The number of hydrogen-bond acceptors (Lipinski definition) is 10. The SMILES string of the molecule is CCOC(=O)C1=C(O)C(=Cc2c(O)cc(OC)cc2OC)SC1=Nc1ccc(OC)c(OC)c1. The van der Waals surface area contributed by atoms with Crippen molar-refractivity contribution in [3.05, 3.63) is 52.1 Å². The van der Waals surface area contributed by atoms with Gasteiger partial charge in [-0.05, 0) is 25.1 Å². The summed E-state index contributed by atoms with van der Waals surface area (Å²) >= 11 is 1.05. The Morgan fingerprint density at radius 3 is 2.29 bits per heavy atom. The number of benzene rings is 2. The highest BCUT2D eigenvalue weighted by molar-refractivity contribution is 8.18. The first-order chi connectivity index (χ1) is 16.4. The van der Waals surface area contributed by atoms with E-state index in [0.29, 0.717) is 34.2 Å². The number of carbonyl (C=O) groups is 1. The van der Waals surface area contributed by atoms with Crippen LogP contribution in [0.15, 0.2) is 51.6 Å². The number of carbonyl (C=O) groups excluding carboxylic acids is 1. The van der Waals surface area contributed by atoms with E-state index < -0.39 is 5.97 Å². The molecule has 3 rings (SSSR count). The summed E-state index contributed by atoms with van der Waals surface area (Å²) in [6.45, 7) is 1.79. The van der Waals surface area contributed by atoms with Gasteiger partial charge in [-0.15, -0.1) is 0 Å². The van der Waals surface area contributed by atoms with E-state index in [1.165, 1.54) is 40.6 Å². The number of methoxy groups -OCH3 is 4. The molecule has 1 aliphatic heterocycles. The summed E-state index contributed by atoms with van der Waals surface area (Å²) in [5, 5.41) is 21.6. The Hall–Kier alpha value is -3.79. The van der Waals surface area contributed by atoms with E-state index in [4.69, 9.17) is 23.7 Å². The van der Waals surface area contributed by atoms with Gasteiger partial charge in [0.2, 0.25) is 0 Å². The number of aliphatic hydroxyl groups is 1. The Bertz CT molecular complexity index is 1190. The molecule has 0 spiro atoms. The Labute approximate surface area is 201 Å². The molecule has 1 heterocycles. The van der Waals surface area contributed by atoms with Crippen molar-refractivity contribution in [2.45, 2.75) is 6.92 Å². The number of ether oxygens (including phenoxy) is 5. The van der Waals surface area contributed by atoms with Crippen molar-refractivity contribution in [2.75, 3.05) is 35.0 Å². The van der Waals surface area contributed by atoms with Crippen LogP contribution in [-0.4, -0.2) is 56.3 Å². The van der Waals surface area contributed by atoms with Gasteiger partial charge in [0.25, 0.3) is 0 Å². The van der Waals surface area contributed by atoms with Crippen molar-refractivity contribution in [1.82, 2.24) is 0 Å². The lowest BCUT2D eigenvalue weighted by molar-refractivity contribution is -0.138. The van der Waals surface area contributed by atoms with Crippen molar-refractivity contribution < 1.29 is 38.7 Å². The average molecular weight is 488 g/mol. The summed E-state index contributed by atoms with van der Waals surface area (Å²) in [7, 11) is 5.94. The molecule has 9 nitrogen and oxygen atoms in total. The van der Waals surface area contributed by atoms with Gasteiger partial charge in [0.15, 0.2) is 11.5 Å². The minimum atomic E-state index is -0.721. The predicted octanol–water partition coefficient (Wildman–Crippen LogP) is 4.62. The molecular weight excluding hydrogens is 462 g/mol. The zero-order valence-electron chi connectivity index (χ0n) is 19.4. The molecule has 0 atom stereocenters. The molecule has 2 N–H and O–H groups in total. The zero-order chi connectivity index (χ0) is 24.8. The number of hydrogen-bond donors (Lipinski definition) is 2. The molecule has 0 amide bonds. The first kappa shape index (κ1) is 24.8. The second-order valence-corrected chi connectivity index (χ2v) is 7.80. The van der Waals surface area contributed by atoms with E-state index in [9.17, 15) is 15.0 Å². The molecule has 0 saturated heterocycles. The van der Waals surface area contributed by atoms with E-state index in [1.807, 2.05) is 0 Å². The van der Waals surface area contributed by atoms with Gasteiger partial charge < -0.3 is 33.9 Å². The molecule has 0 saturated carbocycles. The number of aliphatic hydroxyl groups excluding tert-OH is 1. The normalized spacial score (nSPS) is 15.6. The van der Waals surface area contributed by atoms with E-state index in [1.54, 1.807) is 31.2 Å². The molecule has 0 aliphatic carbocycles. The highest BCUT2D eigenvalue weighted by Gasteiger charge is 2.33. The molecule has 0 fully saturated rings. The molecule has 0 radical (unpaired) electrons. The largest absolute Gasteiger partial charge is 0.507 e. The maximum Gasteiger partial charge on any atom is 0.344 e. The number of aromatic hydroxyl groups is 1. The predicted molar refractivity (Wildman–Crippen MR) is 130 cm³/mol. The van der Waals surface area contributed by atoms with Gasteiger partial charge in [-0.2, -0.15) is 0 Å². The lowest BCUT2D eigenvalue weighted by Gasteiger charge is -2.10. The third-order valence-electron chi connectivity index (χ3n) is 4.79. The summed E-state index contributed by atoms with van der Waals surface area (Å²) < 4.78 is 26.2. The molecule has 180 valence electrons. The molecule has 0 aromatic heterocycles. The third kappa shape index (κ3) is 5.07. The number of thioether (sulfide) groups is 1. The molecule has 0 unspecified atom stereocenters. The van der Waals surface area contributed by atoms with Crippen LogP contribution in [0.1, 0.15) is 12.5 Å². The van der Waals surface area contributed by atoms with Crippen LogP contribution in [0.25, 0.3) is 6.08 Å². The van der Waals surface area contributed by atoms with Crippen LogP contribution in [0.4, 0.5) is 5.69 Å². The molecule has 10 heteroatoms. The standard InChI is InChI=1S/C24H25NO8S/c1-6-33-24(28)21-22(27)20(12-15-16(26)10-14(29-2)11-18(15)31-4)34-23(21)25-13-7-8-17(30-3)19(9-13)32-5/h7-12,26-27H,6H2,1-5H3. The van der Waals surface area contributed by atoms with Crippen molar-refractivity contribution in [3.8, 4) is 28.7 Å². The van der Waals surface area contributed by atoms with E-state index in [0.717, 1.165) is 11.8 Å². The Balaban J connectivity index is 2.12. The Morgan fingerprint density at radius 1 is 0.971 bits per heavy atom. The van der Waals surface area contributed by atoms with Gasteiger partial charge in [0.1, 0.15) is 33.6 Å². The second kappa shape index (κ2) is 10.9. The summed E-state index contributed by atoms with van der Waals surface area (Å²) in [5.41, 5.74) is 0.689. The van der Waals surface area contributed by atoms with E-state index in [-0.39, 0.29) is 33.6 Å². The maximum absolute atomic E-state index is 12.7. The molecule has 0 bridgehead atoms. The first-order valence-electron chi connectivity index (χ1n) is 10.1. The zero-order valence-corrected chi connectivity index (χ0v) is 20.2. The Kier molecular flexibility index (Phi) is 7.95. The van der Waals surface area contributed by atoms with Crippen LogP contribution in [0, 0.1) is 0 Å². The monoisotopic (exact) mass is 487 g/mol. The number of rotatable bonds is 8. The maximum atomic E-state index is 12.7. The van der Waals surface area contributed by atoms with Crippen molar-refractivity contribution in [2.24, 2.45) is 4.99 Å². The van der Waals surface area contributed by atoms with Crippen LogP contribution in [0.3, 0.4) is 0 Å². The smallest absolute Gasteiger partial charge is 0.344 e. The molecular formula is C24H25NO8S. The molecule has 2 aromatic carbocycles. The second-order valence-electron chi connectivity index (χ2n) is 6.77. The lowest BCUT2D eigenvalue weighted by atomic mass is 10.1. The van der Waals surface area contributed by atoms with Gasteiger partial charge in [-0.1, -0.05) is 11.8 Å². The van der Waals surface area contributed by atoms with Gasteiger partial charge in [0.05, 0.1) is 51.2 Å². The minimum Gasteiger partial charge on any atom is -0.507 e. The topological polar surface area (TPSA) is 116 Å². The summed E-state index contributed by atoms with van der Waals surface area (Å²) in [4.78, 5) is 17.5. The van der Waals surface area contributed by atoms with Gasteiger partial charge in [0, 0.05) is 18.2 Å². The van der Waals surface area contributed by atoms with Crippen molar-refractivity contribution in [3.63, 3.8) is 0 Å². The summed E-state index contributed by atoms with van der Waals surface area (Å²) in [6.07, 6.45) is 1.50. The fraction of sp³-hybridized carbons (Fsp3) is 0.250. The average Bonchev–Trinajstić information content (AvgIpc) is 3.14. The third-order valence-corrected chi connectivity index (χ3v) is 5.81. The fourth-order valence-corrected chi connectivity index (χ4v) is 4.17. The fourth-order valence-electron chi connectivity index (χ4n) is 3.15. The summed E-state index contributed by atoms with van der Waals surface area (Å²) in [6, 6.07) is 8.03. The van der Waals surface area contributed by atoms with Gasteiger partial charge in [-0.25, -0.2) is 9.79 Å². The molecule has 34 heavy (non-hydrogen) atoms. The highest BCUT2D eigenvalue weighted by atomic mass is 32.2. The molecule has 2 aromatic rings. The highest BCUT2D eigenvalue weighted by Crippen LogP contribution is 2.44. The van der Waals surface area contributed by atoms with E-state index in [2.05, 4.69) is 4.99 Å². The number of esters is 1. The van der Waals surface area contributed by atoms with Gasteiger partial charge in [-0.3, -0.25) is 0 Å².